The van der Waals surface area contributed by atoms with Crippen LogP contribution in [0.15, 0.2) is 48.7 Å². The molecule has 0 atom stereocenters. The van der Waals surface area contributed by atoms with Crippen LogP contribution in [0.4, 0.5) is 5.69 Å². The number of nitrogens with zero attached hydrogens (tertiary/aromatic N) is 2. The molecule has 0 unspecified atom stereocenters. The molecule has 0 spiro atoms. The fourth-order valence-electron chi connectivity index (χ4n) is 7.12. The van der Waals surface area contributed by atoms with E-state index in [1.807, 2.05) is 0 Å². The van der Waals surface area contributed by atoms with Crippen molar-refractivity contribution in [2.24, 2.45) is 11.8 Å². The Balaban J connectivity index is 1.30. The smallest absolute Gasteiger partial charge is 0.329 e. The fraction of sp³-hybridized carbons (Fsp3) is 0.556. The van der Waals surface area contributed by atoms with Gasteiger partial charge in [0.25, 0.3) is 0 Å². The predicted octanol–water partition coefficient (Wildman–Crippen LogP) is 6.54. The Hall–Kier alpha value is -3.36. The Labute approximate surface area is 262 Å². The molecule has 5 rings (SSSR count). The summed E-state index contributed by atoms with van der Waals surface area (Å²) in [5.41, 5.74) is 9.34. The number of hydrogen-bond donors (Lipinski definition) is 2. The molecule has 2 aromatic rings. The summed E-state index contributed by atoms with van der Waals surface area (Å²) in [6, 6.07) is 15.4. The van der Waals surface area contributed by atoms with E-state index in [-0.39, 0.29) is 24.5 Å². The number of nitrogens with one attached hydrogen (secondary N) is 1. The monoisotopic (exact) mass is 603 g/mol. The summed E-state index contributed by atoms with van der Waals surface area (Å²) in [6.07, 6.45) is 9.39. The van der Waals surface area contributed by atoms with E-state index in [2.05, 4.69) is 84.8 Å². The number of aryl methyl sites for hydroxylation is 1. The number of carbonyl (C=O) groups excluding carboxylic acids is 1. The molecule has 2 aliphatic carbocycles. The highest BCUT2D eigenvalue weighted by Crippen LogP contribution is 2.39. The van der Waals surface area contributed by atoms with E-state index < -0.39 is 5.97 Å². The van der Waals surface area contributed by atoms with Crippen LogP contribution in [0.1, 0.15) is 87.8 Å². The number of rotatable bonds is 11. The number of carboxylic acids is 1. The van der Waals surface area contributed by atoms with Gasteiger partial charge in [0.05, 0.1) is 13.2 Å². The maximum Gasteiger partial charge on any atom is 0.329 e. The van der Waals surface area contributed by atoms with Crippen molar-refractivity contribution in [1.82, 2.24) is 10.4 Å². The second kappa shape index (κ2) is 14.6. The average molecular weight is 604 g/mol. The summed E-state index contributed by atoms with van der Waals surface area (Å²) in [4.78, 5) is 27.3. The van der Waals surface area contributed by atoms with Crippen molar-refractivity contribution in [3.05, 3.63) is 65.4 Å². The second-order valence-corrected chi connectivity index (χ2v) is 13.1. The summed E-state index contributed by atoms with van der Waals surface area (Å²) >= 11 is 0. The highest BCUT2D eigenvalue weighted by atomic mass is 16.5. The lowest BCUT2D eigenvalue weighted by Gasteiger charge is -2.36. The van der Waals surface area contributed by atoms with Crippen LogP contribution in [0.2, 0.25) is 0 Å². The quantitative estimate of drug-likeness (QED) is 0.301. The molecular weight excluding hydrogens is 554 g/mol. The van der Waals surface area contributed by atoms with E-state index in [0.717, 1.165) is 68.6 Å². The first-order chi connectivity index (χ1) is 21.2. The number of methoxy groups -OCH3 is 1. The van der Waals surface area contributed by atoms with Gasteiger partial charge in [-0.25, -0.2) is 10.2 Å². The van der Waals surface area contributed by atoms with E-state index in [1.165, 1.54) is 16.7 Å². The largest absolute Gasteiger partial charge is 0.496 e. The lowest BCUT2D eigenvalue weighted by atomic mass is 9.78. The standard InChI is InChI=1S/C36H49N3O5/c1-24(2)39-22-31(20-37-39)29-6-5-7-32(19-29)38(36(42)28-12-15-33(16-13-28)44-23-35(40)41)21-26-8-10-27(11-9-26)30-14-17-34(43-4)25(3)18-30/h5-7,14,17-19,22,24,26-28,33,37H,8-13,15-16,20-21,23H2,1-4H3,(H,40,41)/t26-,27-,28-,33-. The molecule has 0 aromatic heterocycles. The average Bonchev–Trinajstić information content (AvgIpc) is 3.54. The number of aliphatic carboxylic acids is 1. The Morgan fingerprint density at radius 2 is 1.77 bits per heavy atom. The van der Waals surface area contributed by atoms with Crippen molar-refractivity contribution in [1.29, 1.82) is 0 Å². The first-order valence-corrected chi connectivity index (χ1v) is 16.3. The summed E-state index contributed by atoms with van der Waals surface area (Å²) in [6.45, 7) is 7.64. The first kappa shape index (κ1) is 32.0. The molecule has 1 heterocycles. The molecule has 1 amide bonds. The van der Waals surface area contributed by atoms with Gasteiger partial charge in [-0.1, -0.05) is 24.3 Å². The zero-order valence-corrected chi connectivity index (χ0v) is 26.8. The number of carbonyl (C=O) groups is 2. The third-order valence-corrected chi connectivity index (χ3v) is 9.74. The zero-order chi connectivity index (χ0) is 31.2. The Morgan fingerprint density at radius 3 is 2.41 bits per heavy atom. The minimum absolute atomic E-state index is 0.0780. The van der Waals surface area contributed by atoms with E-state index in [4.69, 9.17) is 14.6 Å². The molecular formula is C36H49N3O5. The summed E-state index contributed by atoms with van der Waals surface area (Å²) in [5, 5.41) is 11.1. The van der Waals surface area contributed by atoms with Crippen LogP contribution >= 0.6 is 0 Å². The number of anilines is 1. The summed E-state index contributed by atoms with van der Waals surface area (Å²) < 4.78 is 11.0. The van der Waals surface area contributed by atoms with Gasteiger partial charge in [0, 0.05) is 36.9 Å². The van der Waals surface area contributed by atoms with Gasteiger partial charge in [-0.05, 0) is 124 Å². The van der Waals surface area contributed by atoms with Gasteiger partial charge in [0.15, 0.2) is 0 Å². The minimum Gasteiger partial charge on any atom is -0.496 e. The highest BCUT2D eigenvalue weighted by molar-refractivity contribution is 5.95. The number of ether oxygens (including phenoxy) is 2. The Morgan fingerprint density at radius 1 is 1.02 bits per heavy atom. The Bertz CT molecular complexity index is 1320. The molecule has 8 heteroatoms. The summed E-state index contributed by atoms with van der Waals surface area (Å²) in [7, 11) is 1.72. The molecule has 8 nitrogen and oxygen atoms in total. The van der Waals surface area contributed by atoms with Crippen LogP contribution in [0, 0.1) is 18.8 Å². The second-order valence-electron chi connectivity index (χ2n) is 13.1. The van der Waals surface area contributed by atoms with Crippen LogP contribution < -0.4 is 15.1 Å². The number of amides is 1. The lowest BCUT2D eigenvalue weighted by Crippen LogP contribution is -2.42. The summed E-state index contributed by atoms with van der Waals surface area (Å²) in [5.74, 6) is 1.07. The van der Waals surface area contributed by atoms with Gasteiger partial charge in [0.2, 0.25) is 5.91 Å². The van der Waals surface area contributed by atoms with Crippen molar-refractivity contribution >= 4 is 23.1 Å². The minimum atomic E-state index is -0.949. The normalized spacial score (nSPS) is 23.8. The SMILES string of the molecule is COc1ccc([C@H]2CC[C@H](CN(c3cccc(C4=CN(C(C)C)NC4)c3)C(=O)[C@H]3CC[C@H](OCC(=O)O)CC3)CC2)cc1C. The highest BCUT2D eigenvalue weighted by Gasteiger charge is 2.33. The number of carboxylic acid groups (broad SMARTS) is 1. The Kier molecular flexibility index (Phi) is 10.6. The van der Waals surface area contributed by atoms with E-state index >= 15 is 0 Å². The topological polar surface area (TPSA) is 91.3 Å². The van der Waals surface area contributed by atoms with Gasteiger partial charge < -0.3 is 24.5 Å². The molecule has 2 fully saturated rings. The van der Waals surface area contributed by atoms with Crippen LogP contribution in [0.25, 0.3) is 5.57 Å². The van der Waals surface area contributed by atoms with Crippen molar-refractivity contribution < 1.29 is 24.2 Å². The van der Waals surface area contributed by atoms with Gasteiger partial charge in [-0.15, -0.1) is 0 Å². The van der Waals surface area contributed by atoms with Gasteiger partial charge in [-0.3, -0.25) is 4.79 Å². The van der Waals surface area contributed by atoms with Crippen LogP contribution in [0.3, 0.4) is 0 Å². The van der Waals surface area contributed by atoms with Crippen molar-refractivity contribution in [2.45, 2.75) is 90.2 Å². The van der Waals surface area contributed by atoms with E-state index in [0.29, 0.717) is 30.7 Å². The predicted molar refractivity (Wildman–Crippen MR) is 174 cm³/mol. The first-order valence-electron chi connectivity index (χ1n) is 16.3. The number of hydrazine groups is 1. The molecule has 2 saturated carbocycles. The van der Waals surface area contributed by atoms with Crippen LogP contribution in [-0.4, -0.2) is 60.9 Å². The molecule has 2 N–H and O–H groups in total. The molecule has 0 bridgehead atoms. The molecule has 0 radical (unpaired) electrons. The zero-order valence-electron chi connectivity index (χ0n) is 26.8. The van der Waals surface area contributed by atoms with Crippen molar-refractivity contribution in [3.63, 3.8) is 0 Å². The number of hydrogen-bond acceptors (Lipinski definition) is 6. The van der Waals surface area contributed by atoms with Crippen LogP contribution in [0.5, 0.6) is 5.75 Å². The molecule has 0 saturated heterocycles. The maximum absolute atomic E-state index is 14.2. The van der Waals surface area contributed by atoms with Crippen molar-refractivity contribution in [3.8, 4) is 5.75 Å². The maximum atomic E-state index is 14.2. The molecule has 238 valence electrons. The third-order valence-electron chi connectivity index (χ3n) is 9.74. The van der Waals surface area contributed by atoms with Gasteiger partial charge in [-0.2, -0.15) is 0 Å². The number of benzene rings is 2. The van der Waals surface area contributed by atoms with E-state index in [1.54, 1.807) is 7.11 Å². The molecule has 44 heavy (non-hydrogen) atoms. The molecule has 2 aromatic carbocycles. The van der Waals surface area contributed by atoms with Gasteiger partial charge >= 0.3 is 5.97 Å². The van der Waals surface area contributed by atoms with E-state index in [9.17, 15) is 9.59 Å². The van der Waals surface area contributed by atoms with Crippen LogP contribution in [-0.2, 0) is 14.3 Å². The third kappa shape index (κ3) is 7.83. The van der Waals surface area contributed by atoms with Gasteiger partial charge in [0.1, 0.15) is 12.4 Å². The fourth-order valence-corrected chi connectivity index (χ4v) is 7.12. The molecule has 1 aliphatic heterocycles. The lowest BCUT2D eigenvalue weighted by molar-refractivity contribution is -0.145. The van der Waals surface area contributed by atoms with Crippen molar-refractivity contribution in [2.75, 3.05) is 31.7 Å². The molecule has 3 aliphatic rings.